The van der Waals surface area contributed by atoms with Crippen molar-refractivity contribution in [1.29, 1.82) is 0 Å². The molecule has 17 nitrogen and oxygen atoms in total. The molecular formula is C54H66F3N9O8S. The van der Waals surface area contributed by atoms with Crippen molar-refractivity contribution in [3.05, 3.63) is 101 Å². The number of likely N-dealkylation sites (tertiary alicyclic amines) is 1. The molecule has 3 atom stereocenters. The molecule has 0 saturated carbocycles. The van der Waals surface area contributed by atoms with Gasteiger partial charge in [-0.3, -0.25) is 33.2 Å². The molecular weight excluding hydrogens is 992 g/mol. The van der Waals surface area contributed by atoms with Crippen LogP contribution in [0.4, 0.5) is 13.2 Å². The second kappa shape index (κ2) is 24.3. The van der Waals surface area contributed by atoms with E-state index in [4.69, 9.17) is 9.47 Å². The number of rotatable bonds is 23. The summed E-state index contributed by atoms with van der Waals surface area (Å²) in [5.41, 5.74) is 4.02. The molecule has 1 fully saturated rings. The number of carbonyl (C=O) groups excluding carboxylic acids is 5. The summed E-state index contributed by atoms with van der Waals surface area (Å²) in [6.45, 7) is 10.9. The number of aliphatic hydroxyl groups excluding tert-OH is 1. The van der Waals surface area contributed by atoms with Crippen LogP contribution in [0.3, 0.4) is 0 Å². The van der Waals surface area contributed by atoms with Gasteiger partial charge in [-0.2, -0.15) is 18.3 Å². The highest BCUT2D eigenvalue weighted by Crippen LogP contribution is 2.36. The van der Waals surface area contributed by atoms with Crippen molar-refractivity contribution in [3.63, 3.8) is 0 Å². The number of halogens is 3. The van der Waals surface area contributed by atoms with Crippen molar-refractivity contribution in [2.45, 2.75) is 104 Å². The molecule has 1 aliphatic heterocycles. The molecule has 0 bridgehead atoms. The lowest BCUT2D eigenvalue weighted by Gasteiger charge is -2.39. The lowest BCUT2D eigenvalue weighted by Crippen LogP contribution is -2.62. The molecule has 1 aliphatic rings. The van der Waals surface area contributed by atoms with Crippen molar-refractivity contribution in [2.24, 2.45) is 12.5 Å². The number of hydrogen-bond donors (Lipinski definition) is 5. The van der Waals surface area contributed by atoms with Crippen LogP contribution in [0.1, 0.15) is 93.4 Å². The average Bonchev–Trinajstić information content (AvgIpc) is 4.13. The number of carbonyl (C=O) groups is 5. The van der Waals surface area contributed by atoms with Gasteiger partial charge in [0.1, 0.15) is 11.6 Å². The van der Waals surface area contributed by atoms with E-state index in [-0.39, 0.29) is 83.0 Å². The van der Waals surface area contributed by atoms with Gasteiger partial charge in [-0.25, -0.2) is 4.98 Å². The van der Waals surface area contributed by atoms with Crippen molar-refractivity contribution in [3.8, 4) is 16.1 Å². The molecule has 21 heteroatoms. The molecule has 3 aromatic heterocycles. The van der Waals surface area contributed by atoms with Gasteiger partial charge in [-0.15, -0.1) is 11.3 Å². The van der Waals surface area contributed by atoms with Gasteiger partial charge in [0.2, 0.25) is 23.6 Å². The minimum Gasteiger partial charge on any atom is -0.391 e. The molecule has 0 spiro atoms. The first-order valence-electron chi connectivity index (χ1n) is 25.1. The number of alkyl halides is 3. The molecule has 0 radical (unpaired) electrons. The van der Waals surface area contributed by atoms with E-state index in [1.54, 1.807) is 64.5 Å². The van der Waals surface area contributed by atoms with E-state index in [0.717, 1.165) is 44.6 Å². The van der Waals surface area contributed by atoms with Crippen LogP contribution < -0.4 is 21.3 Å². The number of benzene rings is 3. The second-order valence-corrected chi connectivity index (χ2v) is 21.0. The van der Waals surface area contributed by atoms with Crippen LogP contribution in [-0.2, 0) is 48.4 Å². The van der Waals surface area contributed by atoms with Crippen LogP contribution in [0.15, 0.2) is 78.4 Å². The number of fused-ring (bicyclic) bond motifs is 3. The van der Waals surface area contributed by atoms with Crippen molar-refractivity contribution in [2.75, 3.05) is 46.1 Å². The highest BCUT2D eigenvalue weighted by molar-refractivity contribution is 7.13. The van der Waals surface area contributed by atoms with Crippen LogP contribution in [0.25, 0.3) is 38.1 Å². The molecule has 5 amide bonds. The van der Waals surface area contributed by atoms with Crippen LogP contribution in [0.5, 0.6) is 0 Å². The van der Waals surface area contributed by atoms with E-state index in [0.29, 0.717) is 48.2 Å². The minimum atomic E-state index is -4.46. The fourth-order valence-corrected chi connectivity index (χ4v) is 10.0. The molecule has 7 rings (SSSR count). The van der Waals surface area contributed by atoms with Gasteiger partial charge in [0.15, 0.2) is 5.65 Å². The van der Waals surface area contributed by atoms with Gasteiger partial charge in [-0.1, -0.05) is 51.5 Å². The maximum absolute atomic E-state index is 14.2. The van der Waals surface area contributed by atoms with Crippen LogP contribution in [0.2, 0.25) is 0 Å². The number of aliphatic hydroxyl groups is 1. The van der Waals surface area contributed by atoms with Crippen molar-refractivity contribution < 1.29 is 51.7 Å². The molecule has 4 heterocycles. The lowest BCUT2D eigenvalue weighted by molar-refractivity contribution is -0.148. The topological polar surface area (TPSA) is 211 Å². The highest BCUT2D eigenvalue weighted by atomic mass is 32.1. The first-order chi connectivity index (χ1) is 35.6. The Balaban J connectivity index is 0.745. The van der Waals surface area contributed by atoms with Gasteiger partial charge in [-0.05, 0) is 85.7 Å². The van der Waals surface area contributed by atoms with Gasteiger partial charge in [0.05, 0.1) is 59.7 Å². The summed E-state index contributed by atoms with van der Waals surface area (Å²) in [6.07, 6.45) is -1.43. The first kappa shape index (κ1) is 56.1. The van der Waals surface area contributed by atoms with E-state index >= 15 is 0 Å². The van der Waals surface area contributed by atoms with E-state index in [1.165, 1.54) is 17.0 Å². The Morgan fingerprint density at radius 3 is 2.16 bits per heavy atom. The summed E-state index contributed by atoms with van der Waals surface area (Å²) < 4.78 is 54.2. The smallest absolute Gasteiger partial charge is 0.391 e. The number of hydrogen-bond acceptors (Lipinski definition) is 11. The fourth-order valence-electron chi connectivity index (χ4n) is 9.21. The Labute approximate surface area is 437 Å². The Kier molecular flexibility index (Phi) is 18.2. The van der Waals surface area contributed by atoms with Gasteiger partial charge in [0.25, 0.3) is 5.91 Å². The lowest BCUT2D eigenvalue weighted by atomic mass is 9.84. The minimum absolute atomic E-state index is 0.0421. The van der Waals surface area contributed by atoms with Crippen LogP contribution in [-0.4, -0.2) is 123 Å². The Morgan fingerprint density at radius 2 is 1.52 bits per heavy atom. The fraction of sp³-hybridized carbons (Fsp3) is 0.463. The molecule has 1 saturated heterocycles. The molecule has 0 aliphatic carbocycles. The van der Waals surface area contributed by atoms with E-state index in [2.05, 4.69) is 31.3 Å². The Hall–Kier alpha value is -6.68. The number of unbranched alkanes of at least 4 members (excludes halogenated alkanes) is 2. The number of β-amino-alcohol motifs (C(OH)–C–C–N with tert-alkyl or cyclic N) is 1. The van der Waals surface area contributed by atoms with Gasteiger partial charge < -0.3 is 40.7 Å². The zero-order valence-electron chi connectivity index (χ0n) is 43.1. The molecule has 6 aromatic rings. The van der Waals surface area contributed by atoms with Crippen LogP contribution in [0, 0.1) is 12.3 Å². The summed E-state index contributed by atoms with van der Waals surface area (Å²) in [4.78, 5) is 73.4. The standard InChI is InChI=1S/C54H66F3N9O8S/c1-34-46(75-33-61-34)36-14-12-35(13-15-36)30-60-51(72)53(5)29-40(67)31-65(53)50(71)47(52(2,3)4)62-45(69)11-9-7-8-10-44(68)58-22-24-73-26-27-74-25-23-59-49(70)37-16-21-43-41(28-37)42-32-64(6)63-48(42)66(43)39-19-17-38(18-20-39)54(55,56)57/h12-21,28,32-33,40,47,67H,7-11,22-27,29-31H2,1-6H3,(H,58,68)(H,59,70)(H,60,72)(H,62,69)/t40-,47+,53-/m0/s1. The molecule has 0 unspecified atom stereocenters. The summed E-state index contributed by atoms with van der Waals surface area (Å²) in [6, 6.07) is 16.9. The number of nitrogens with zero attached hydrogens (tertiary/aromatic N) is 5. The third-order valence-electron chi connectivity index (χ3n) is 13.3. The maximum atomic E-state index is 14.2. The quantitative estimate of drug-likeness (QED) is 0.0415. The summed E-state index contributed by atoms with van der Waals surface area (Å²) >= 11 is 1.56. The Bertz CT molecular complexity index is 2970. The van der Waals surface area contributed by atoms with Gasteiger partial charge in [0, 0.05) is 80.7 Å². The Morgan fingerprint density at radius 1 is 0.853 bits per heavy atom. The number of aryl methyl sites for hydroxylation is 2. The number of nitrogens with one attached hydrogen (secondary N) is 4. The monoisotopic (exact) mass is 1060 g/mol. The van der Waals surface area contributed by atoms with Crippen molar-refractivity contribution >= 4 is 62.8 Å². The molecule has 402 valence electrons. The third-order valence-corrected chi connectivity index (χ3v) is 14.2. The normalized spacial score (nSPS) is 16.3. The largest absolute Gasteiger partial charge is 0.416 e. The van der Waals surface area contributed by atoms with Crippen molar-refractivity contribution in [1.82, 2.24) is 45.5 Å². The highest BCUT2D eigenvalue weighted by Gasteiger charge is 2.52. The zero-order chi connectivity index (χ0) is 54.1. The summed E-state index contributed by atoms with van der Waals surface area (Å²) in [5.74, 6) is -1.62. The maximum Gasteiger partial charge on any atom is 0.416 e. The summed E-state index contributed by atoms with van der Waals surface area (Å²) in [5, 5.41) is 28.2. The van der Waals surface area contributed by atoms with E-state index < -0.39 is 46.7 Å². The SMILES string of the molecule is Cc1ncsc1-c1ccc(CNC(=O)[C@]2(C)C[C@H](O)CN2C(=O)[C@@H](NC(=O)CCCCCC(=O)NCCOCCOCCNC(=O)c2ccc3c(c2)c2cn(C)nc2n3-c2ccc(C(F)(F)F)cc2)C(C)(C)C)cc1. The van der Waals surface area contributed by atoms with E-state index in [1.807, 2.05) is 52.0 Å². The number of aromatic nitrogens is 4. The predicted molar refractivity (Wildman–Crippen MR) is 279 cm³/mol. The number of ether oxygens (including phenoxy) is 2. The molecule has 3 aromatic carbocycles. The molecule has 75 heavy (non-hydrogen) atoms. The average molecular weight is 1060 g/mol. The second-order valence-electron chi connectivity index (χ2n) is 20.1. The summed E-state index contributed by atoms with van der Waals surface area (Å²) in [7, 11) is 1.75. The molecule has 5 N–H and O–H groups in total. The zero-order valence-corrected chi connectivity index (χ0v) is 44.0. The van der Waals surface area contributed by atoms with Gasteiger partial charge >= 0.3 is 6.18 Å². The number of amides is 5. The predicted octanol–water partition coefficient (Wildman–Crippen LogP) is 7.00. The third kappa shape index (κ3) is 14.0. The van der Waals surface area contributed by atoms with E-state index in [9.17, 15) is 42.3 Å². The van der Waals surface area contributed by atoms with Crippen LogP contribution >= 0.6 is 11.3 Å². The number of thiazole rings is 1. The first-order valence-corrected chi connectivity index (χ1v) is 25.9.